The maximum absolute atomic E-state index is 16.6. The highest BCUT2D eigenvalue weighted by molar-refractivity contribution is 6.34. The number of aromatic nitrogens is 3. The summed E-state index contributed by atoms with van der Waals surface area (Å²) >= 11 is 6.52. The van der Waals surface area contributed by atoms with Crippen LogP contribution in [0.3, 0.4) is 0 Å². The summed E-state index contributed by atoms with van der Waals surface area (Å²) < 4.78 is 50.0. The summed E-state index contributed by atoms with van der Waals surface area (Å²) in [5.74, 6) is -2.53. The first-order valence-corrected chi connectivity index (χ1v) is 19.7. The van der Waals surface area contributed by atoms with E-state index >= 15 is 13.2 Å². The summed E-state index contributed by atoms with van der Waals surface area (Å²) in [7, 11) is 3.19. The molecule has 0 spiro atoms. The van der Waals surface area contributed by atoms with E-state index < -0.39 is 29.4 Å². The number of hydrogen-bond acceptors (Lipinski definition) is 7. The number of aromatic amines is 1. The Morgan fingerprint density at radius 1 is 0.881 bits per heavy atom. The molecule has 5 heterocycles. The van der Waals surface area contributed by atoms with Crippen LogP contribution in [0.2, 0.25) is 5.02 Å². The molecule has 0 saturated carbocycles. The van der Waals surface area contributed by atoms with E-state index in [2.05, 4.69) is 15.4 Å². The van der Waals surface area contributed by atoms with Crippen LogP contribution in [0.4, 0.5) is 35.0 Å². The molecule has 5 aromatic rings. The van der Waals surface area contributed by atoms with Gasteiger partial charge in [0, 0.05) is 109 Å². The van der Waals surface area contributed by atoms with Crippen molar-refractivity contribution in [3.8, 4) is 11.1 Å². The molecule has 5 amide bonds. The van der Waals surface area contributed by atoms with Gasteiger partial charge in [-0.15, -0.1) is 0 Å². The van der Waals surface area contributed by atoms with Gasteiger partial charge in [0.2, 0.25) is 11.8 Å². The summed E-state index contributed by atoms with van der Waals surface area (Å²) in [6.07, 6.45) is 6.17. The van der Waals surface area contributed by atoms with Gasteiger partial charge in [0.1, 0.15) is 17.3 Å². The number of nitrogens with zero attached hydrogens (tertiary/aromatic N) is 7. The lowest BCUT2D eigenvalue weighted by Gasteiger charge is -2.38. The molecule has 59 heavy (non-hydrogen) atoms. The Bertz CT molecular complexity index is 2510. The van der Waals surface area contributed by atoms with Gasteiger partial charge in [-0.3, -0.25) is 29.3 Å². The maximum atomic E-state index is 16.6. The highest BCUT2D eigenvalue weighted by Gasteiger charge is 2.30. The number of H-pyrrole nitrogens is 1. The lowest BCUT2D eigenvalue weighted by atomic mass is 9.93. The fourth-order valence-corrected chi connectivity index (χ4v) is 8.19. The van der Waals surface area contributed by atoms with Crippen LogP contribution in [0.5, 0.6) is 0 Å². The van der Waals surface area contributed by atoms with E-state index in [1.54, 1.807) is 71.3 Å². The molecule has 0 radical (unpaired) electrons. The molecule has 0 aliphatic carbocycles. The Morgan fingerprint density at radius 2 is 1.63 bits per heavy atom. The SMILES string of the molecule is CN(C)C(=O)c1cc2c(-c3ccc(N4CCN(c5cc(Cl)c(N6CCC(=O)NC6=O)cc5F)CC4)c(F)c3)cc(C3=CCCN(C(=O)CCn4cccn4)C3)c(F)c2[nH]1. The van der Waals surface area contributed by atoms with Gasteiger partial charge in [0.25, 0.3) is 5.91 Å². The van der Waals surface area contributed by atoms with Crippen molar-refractivity contribution in [2.45, 2.75) is 25.8 Å². The van der Waals surface area contributed by atoms with E-state index in [4.69, 9.17) is 11.6 Å². The minimum atomic E-state index is -0.668. The zero-order chi connectivity index (χ0) is 41.5. The van der Waals surface area contributed by atoms with Crippen molar-refractivity contribution in [3.05, 3.63) is 101 Å². The number of hydrogen-bond donors (Lipinski definition) is 2. The second kappa shape index (κ2) is 16.2. The van der Waals surface area contributed by atoms with Gasteiger partial charge < -0.3 is 24.6 Å². The molecule has 306 valence electrons. The number of piperazine rings is 1. The number of urea groups is 1. The molecule has 0 unspecified atom stereocenters. The van der Waals surface area contributed by atoms with Gasteiger partial charge in [-0.1, -0.05) is 23.7 Å². The van der Waals surface area contributed by atoms with Crippen LogP contribution in [0.1, 0.15) is 35.3 Å². The van der Waals surface area contributed by atoms with Gasteiger partial charge >= 0.3 is 6.03 Å². The smallest absolute Gasteiger partial charge is 0.328 e. The lowest BCUT2D eigenvalue weighted by molar-refractivity contribution is -0.131. The van der Waals surface area contributed by atoms with E-state index in [1.165, 1.54) is 28.0 Å². The van der Waals surface area contributed by atoms with Crippen molar-refractivity contribution in [1.82, 2.24) is 29.9 Å². The number of nitrogens with one attached hydrogen (secondary N) is 2. The molecule has 3 aliphatic heterocycles. The van der Waals surface area contributed by atoms with Gasteiger partial charge in [0.05, 0.1) is 27.6 Å². The highest BCUT2D eigenvalue weighted by Crippen LogP contribution is 2.39. The molecule has 2 fully saturated rings. The second-order valence-corrected chi connectivity index (χ2v) is 15.4. The van der Waals surface area contributed by atoms with Gasteiger partial charge in [-0.2, -0.15) is 5.10 Å². The Morgan fingerprint density at radius 3 is 2.32 bits per heavy atom. The van der Waals surface area contributed by atoms with E-state index in [-0.39, 0.29) is 70.9 Å². The number of benzene rings is 3. The van der Waals surface area contributed by atoms with Crippen molar-refractivity contribution >= 4 is 68.9 Å². The summed E-state index contributed by atoms with van der Waals surface area (Å²) in [4.78, 5) is 61.1. The summed E-state index contributed by atoms with van der Waals surface area (Å²) in [5, 5.41) is 6.93. The average Bonchev–Trinajstić information content (AvgIpc) is 3.92. The topological polar surface area (TPSA) is 130 Å². The first-order chi connectivity index (χ1) is 28.4. The first-order valence-electron chi connectivity index (χ1n) is 19.3. The highest BCUT2D eigenvalue weighted by atomic mass is 35.5. The minimum Gasteiger partial charge on any atom is -0.366 e. The van der Waals surface area contributed by atoms with Gasteiger partial charge in [0.15, 0.2) is 5.82 Å². The Labute approximate surface area is 342 Å². The third-order valence-corrected chi connectivity index (χ3v) is 11.3. The number of fused-ring (bicyclic) bond motifs is 1. The van der Waals surface area contributed by atoms with Crippen molar-refractivity contribution in [1.29, 1.82) is 0 Å². The van der Waals surface area contributed by atoms with Crippen molar-refractivity contribution in [2.24, 2.45) is 0 Å². The predicted molar refractivity (Wildman–Crippen MR) is 219 cm³/mol. The van der Waals surface area contributed by atoms with E-state index in [0.29, 0.717) is 73.5 Å². The molecule has 8 rings (SSSR count). The molecule has 2 saturated heterocycles. The quantitative estimate of drug-likeness (QED) is 0.179. The maximum Gasteiger partial charge on any atom is 0.328 e. The van der Waals surface area contributed by atoms with Crippen molar-refractivity contribution < 1.29 is 32.3 Å². The van der Waals surface area contributed by atoms with Crippen LogP contribution in [-0.2, 0) is 16.1 Å². The number of anilines is 3. The standard InChI is InChI=1S/C42H41ClF3N9O4/c1-50(2)41(58)33-21-29-27(20-28(39(46)40(29)48-33)26-5-3-11-53(24-26)38(57)9-13-54-12-4-10-47-54)25-6-7-34(31(44)19-25)51-15-17-52(18-16-51)36-22-30(43)35(23-32(36)45)55-14-8-37(56)49-42(55)59/h4-7,10,12,19-23,48H,3,8-9,11,13-18,24H2,1-2H3,(H,49,56,59). The van der Waals surface area contributed by atoms with E-state index in [9.17, 15) is 19.2 Å². The molecule has 3 aliphatic rings. The zero-order valence-corrected chi connectivity index (χ0v) is 33.2. The number of rotatable bonds is 9. The summed E-state index contributed by atoms with van der Waals surface area (Å²) in [5.41, 5.74) is 2.84. The van der Waals surface area contributed by atoms with Crippen LogP contribution >= 0.6 is 11.6 Å². The second-order valence-electron chi connectivity index (χ2n) is 15.0. The third kappa shape index (κ3) is 7.83. The minimum absolute atomic E-state index is 0.0696. The molecule has 13 nitrogen and oxygen atoms in total. The summed E-state index contributed by atoms with van der Waals surface area (Å²) in [6.45, 7) is 2.57. The largest absolute Gasteiger partial charge is 0.366 e. The monoisotopic (exact) mass is 827 g/mol. The van der Waals surface area contributed by atoms with Crippen LogP contribution in [0.15, 0.2) is 67.0 Å². The molecular weight excluding hydrogens is 787 g/mol. The Balaban J connectivity index is 1.04. The average molecular weight is 828 g/mol. The van der Waals surface area contributed by atoms with Crippen LogP contribution in [0, 0.1) is 17.5 Å². The molecule has 3 aromatic carbocycles. The predicted octanol–water partition coefficient (Wildman–Crippen LogP) is 6.28. The normalized spacial score (nSPS) is 16.1. The van der Waals surface area contributed by atoms with Crippen LogP contribution in [0.25, 0.3) is 27.6 Å². The fraction of sp³-hybridized carbons (Fsp3) is 0.310. The summed E-state index contributed by atoms with van der Waals surface area (Å²) in [6, 6.07) is 11.8. The third-order valence-electron chi connectivity index (χ3n) is 11.0. The van der Waals surface area contributed by atoms with Crippen LogP contribution in [-0.4, -0.2) is 108 Å². The molecule has 0 bridgehead atoms. The Hall–Kier alpha value is -6.29. The molecular formula is C42H41ClF3N9O4. The number of imide groups is 1. The number of amides is 5. The number of halogens is 4. The number of carbonyl (C=O) groups excluding carboxylic acids is 4. The fourth-order valence-electron chi connectivity index (χ4n) is 7.93. The van der Waals surface area contributed by atoms with Crippen molar-refractivity contribution in [3.63, 3.8) is 0 Å². The Kier molecular flexibility index (Phi) is 10.8. The lowest BCUT2D eigenvalue weighted by Crippen LogP contribution is -2.49. The van der Waals surface area contributed by atoms with Crippen molar-refractivity contribution in [2.75, 3.05) is 74.6 Å². The number of aryl methyl sites for hydroxylation is 1. The van der Waals surface area contributed by atoms with E-state index in [0.717, 1.165) is 0 Å². The van der Waals surface area contributed by atoms with Gasteiger partial charge in [-0.25, -0.2) is 18.0 Å². The first kappa shape index (κ1) is 39.5. The molecule has 2 N–H and O–H groups in total. The van der Waals surface area contributed by atoms with Crippen LogP contribution < -0.4 is 20.0 Å². The molecule has 17 heteroatoms. The zero-order valence-electron chi connectivity index (χ0n) is 32.4. The van der Waals surface area contributed by atoms with Gasteiger partial charge in [-0.05, 0) is 59.5 Å². The number of carbonyl (C=O) groups is 4. The molecule has 0 atom stereocenters. The van der Waals surface area contributed by atoms with E-state index in [1.807, 2.05) is 11.0 Å². The molecule has 2 aromatic heterocycles.